The number of aromatic hydroxyl groups is 1. The maximum absolute atomic E-state index is 10.4. The summed E-state index contributed by atoms with van der Waals surface area (Å²) in [5.41, 5.74) is 3.13. The number of nitrogens with zero attached hydrogens (tertiary/aromatic N) is 1. The number of anilines is 1. The van der Waals surface area contributed by atoms with Crippen molar-refractivity contribution >= 4 is 17.4 Å². The highest BCUT2D eigenvalue weighted by atomic mass is 16.4. The van der Waals surface area contributed by atoms with Crippen molar-refractivity contribution in [3.8, 4) is 5.75 Å². The number of carbonyl (C=O) groups is 1. The number of carboxylic acids is 1. The Morgan fingerprint density at radius 1 is 1.36 bits per heavy atom. The minimum atomic E-state index is -1.07. The Bertz CT molecular complexity index is 357. The first-order valence-corrected chi connectivity index (χ1v) is 3.92. The molecule has 0 aliphatic carbocycles. The maximum Gasteiger partial charge on any atom is 0.351 e. The minimum absolute atomic E-state index is 0.0296. The van der Waals surface area contributed by atoms with Gasteiger partial charge in [0.15, 0.2) is 0 Å². The van der Waals surface area contributed by atoms with E-state index in [1.807, 2.05) is 0 Å². The molecule has 0 saturated carbocycles. The molecule has 0 bridgehead atoms. The van der Waals surface area contributed by atoms with Crippen LogP contribution in [0.5, 0.6) is 5.75 Å². The average molecular weight is 194 g/mol. The largest absolute Gasteiger partial charge is 0.508 e. The number of hydrazone groups is 1. The predicted molar refractivity (Wildman–Crippen MR) is 52.5 cm³/mol. The van der Waals surface area contributed by atoms with Gasteiger partial charge in [-0.2, -0.15) is 5.10 Å². The van der Waals surface area contributed by atoms with Crippen LogP contribution >= 0.6 is 0 Å². The van der Waals surface area contributed by atoms with Crippen LogP contribution in [0.25, 0.3) is 0 Å². The highest BCUT2D eigenvalue weighted by molar-refractivity contribution is 6.34. The molecule has 1 aromatic rings. The summed E-state index contributed by atoms with van der Waals surface area (Å²) in [5, 5.41) is 21.1. The van der Waals surface area contributed by atoms with Crippen LogP contribution in [0.4, 0.5) is 5.69 Å². The van der Waals surface area contributed by atoms with E-state index < -0.39 is 5.97 Å². The van der Waals surface area contributed by atoms with Crippen molar-refractivity contribution < 1.29 is 15.0 Å². The van der Waals surface area contributed by atoms with Crippen LogP contribution < -0.4 is 5.43 Å². The van der Waals surface area contributed by atoms with Crippen molar-refractivity contribution in [3.05, 3.63) is 24.3 Å². The smallest absolute Gasteiger partial charge is 0.351 e. The van der Waals surface area contributed by atoms with E-state index in [-0.39, 0.29) is 11.5 Å². The van der Waals surface area contributed by atoms with E-state index in [9.17, 15) is 4.79 Å². The van der Waals surface area contributed by atoms with Crippen molar-refractivity contribution in [1.82, 2.24) is 0 Å². The molecule has 5 nitrogen and oxygen atoms in total. The van der Waals surface area contributed by atoms with E-state index >= 15 is 0 Å². The maximum atomic E-state index is 10.4. The minimum Gasteiger partial charge on any atom is -0.508 e. The van der Waals surface area contributed by atoms with Gasteiger partial charge in [0.2, 0.25) is 0 Å². The summed E-state index contributed by atoms with van der Waals surface area (Å²) in [5.74, 6) is -0.925. The SMILES string of the molecule is C/C(=N/Nc1ccc(O)cc1)C(=O)O. The zero-order valence-electron chi connectivity index (χ0n) is 7.56. The molecule has 74 valence electrons. The van der Waals surface area contributed by atoms with Gasteiger partial charge in [-0.3, -0.25) is 5.43 Å². The number of hydrogen-bond acceptors (Lipinski definition) is 4. The van der Waals surface area contributed by atoms with Gasteiger partial charge in [-0.15, -0.1) is 0 Å². The quantitative estimate of drug-likeness (QED) is 0.384. The highest BCUT2D eigenvalue weighted by Gasteiger charge is 2.00. The van der Waals surface area contributed by atoms with E-state index in [4.69, 9.17) is 10.2 Å². The van der Waals surface area contributed by atoms with Gasteiger partial charge in [-0.1, -0.05) is 0 Å². The lowest BCUT2D eigenvalue weighted by molar-refractivity contribution is -0.129. The zero-order chi connectivity index (χ0) is 10.6. The summed E-state index contributed by atoms with van der Waals surface area (Å²) in [6.45, 7) is 1.38. The first-order valence-electron chi connectivity index (χ1n) is 3.92. The lowest BCUT2D eigenvalue weighted by Crippen LogP contribution is -2.10. The Hall–Kier alpha value is -2.04. The number of phenolic OH excluding ortho intramolecular Hbond substituents is 1. The molecule has 0 aliphatic rings. The monoisotopic (exact) mass is 194 g/mol. The number of benzene rings is 1. The second kappa shape index (κ2) is 4.27. The van der Waals surface area contributed by atoms with Crippen molar-refractivity contribution in [2.75, 3.05) is 5.43 Å². The second-order valence-corrected chi connectivity index (χ2v) is 2.66. The molecule has 0 unspecified atom stereocenters. The summed E-state index contributed by atoms with van der Waals surface area (Å²) < 4.78 is 0. The van der Waals surface area contributed by atoms with Gasteiger partial charge >= 0.3 is 5.97 Å². The number of phenols is 1. The molecule has 0 aromatic heterocycles. The number of carboxylic acid groups (broad SMARTS) is 1. The molecule has 0 spiro atoms. The van der Waals surface area contributed by atoms with Gasteiger partial charge in [0.1, 0.15) is 11.5 Å². The molecule has 0 radical (unpaired) electrons. The van der Waals surface area contributed by atoms with Gasteiger partial charge < -0.3 is 10.2 Å². The Morgan fingerprint density at radius 3 is 2.43 bits per heavy atom. The molecule has 5 heteroatoms. The molecule has 0 saturated heterocycles. The lowest BCUT2D eigenvalue weighted by atomic mass is 10.3. The van der Waals surface area contributed by atoms with Crippen molar-refractivity contribution in [2.24, 2.45) is 5.10 Å². The van der Waals surface area contributed by atoms with E-state index in [0.29, 0.717) is 5.69 Å². The highest BCUT2D eigenvalue weighted by Crippen LogP contribution is 2.13. The van der Waals surface area contributed by atoms with E-state index in [1.165, 1.54) is 19.1 Å². The van der Waals surface area contributed by atoms with Crippen LogP contribution in [0.2, 0.25) is 0 Å². The number of nitrogens with one attached hydrogen (secondary N) is 1. The van der Waals surface area contributed by atoms with Crippen molar-refractivity contribution in [3.63, 3.8) is 0 Å². The molecule has 0 aliphatic heterocycles. The number of rotatable bonds is 3. The van der Waals surface area contributed by atoms with Gasteiger partial charge in [0, 0.05) is 0 Å². The normalized spacial score (nSPS) is 11.1. The third-order valence-electron chi connectivity index (χ3n) is 1.53. The van der Waals surface area contributed by atoms with Crippen molar-refractivity contribution in [2.45, 2.75) is 6.92 Å². The first kappa shape index (κ1) is 10.0. The molecule has 14 heavy (non-hydrogen) atoms. The van der Waals surface area contributed by atoms with E-state index in [2.05, 4.69) is 10.5 Å². The van der Waals surface area contributed by atoms with Crippen LogP contribution in [0.1, 0.15) is 6.92 Å². The van der Waals surface area contributed by atoms with Gasteiger partial charge in [0.05, 0.1) is 5.69 Å². The van der Waals surface area contributed by atoms with Crippen LogP contribution in [0.15, 0.2) is 29.4 Å². The topological polar surface area (TPSA) is 81.9 Å². The molecule has 1 rings (SSSR count). The summed E-state index contributed by atoms with van der Waals surface area (Å²) in [6.07, 6.45) is 0. The summed E-state index contributed by atoms with van der Waals surface area (Å²) in [6, 6.07) is 6.14. The molecular formula is C9H10N2O3. The summed E-state index contributed by atoms with van der Waals surface area (Å²) >= 11 is 0. The molecule has 0 fully saturated rings. The average Bonchev–Trinajstić information content (AvgIpc) is 2.16. The third kappa shape index (κ3) is 2.78. The molecule has 0 amide bonds. The van der Waals surface area contributed by atoms with Crippen LogP contribution in [-0.4, -0.2) is 21.9 Å². The molecule has 1 aromatic carbocycles. The van der Waals surface area contributed by atoms with Gasteiger partial charge in [-0.25, -0.2) is 4.79 Å². The Balaban J connectivity index is 2.66. The lowest BCUT2D eigenvalue weighted by Gasteiger charge is -2.00. The number of hydrogen-bond donors (Lipinski definition) is 3. The molecule has 0 heterocycles. The number of aliphatic carboxylic acids is 1. The third-order valence-corrected chi connectivity index (χ3v) is 1.53. The van der Waals surface area contributed by atoms with E-state index in [0.717, 1.165) is 0 Å². The second-order valence-electron chi connectivity index (χ2n) is 2.66. The van der Waals surface area contributed by atoms with Gasteiger partial charge in [-0.05, 0) is 31.2 Å². The van der Waals surface area contributed by atoms with Crippen LogP contribution in [0, 0.1) is 0 Å². The van der Waals surface area contributed by atoms with Crippen LogP contribution in [0.3, 0.4) is 0 Å². The standard InChI is InChI=1S/C9H10N2O3/c1-6(9(13)14)10-11-7-2-4-8(12)5-3-7/h2-5,11-12H,1H3,(H,13,14)/b10-6-. The Kier molecular flexibility index (Phi) is 3.06. The first-order chi connectivity index (χ1) is 6.59. The van der Waals surface area contributed by atoms with E-state index in [1.54, 1.807) is 12.1 Å². The fourth-order valence-corrected chi connectivity index (χ4v) is 0.732. The van der Waals surface area contributed by atoms with Gasteiger partial charge in [0.25, 0.3) is 0 Å². The molecule has 0 atom stereocenters. The molecular weight excluding hydrogens is 184 g/mol. The molecule has 3 N–H and O–H groups in total. The summed E-state index contributed by atoms with van der Waals surface area (Å²) in [7, 11) is 0. The zero-order valence-corrected chi connectivity index (χ0v) is 7.56. The fourth-order valence-electron chi connectivity index (χ4n) is 0.732. The predicted octanol–water partition coefficient (Wildman–Crippen LogP) is 1.26. The summed E-state index contributed by atoms with van der Waals surface area (Å²) in [4.78, 5) is 10.4. The Labute approximate surface area is 80.7 Å². The van der Waals surface area contributed by atoms with Crippen molar-refractivity contribution in [1.29, 1.82) is 0 Å². The van der Waals surface area contributed by atoms with Crippen LogP contribution in [-0.2, 0) is 4.79 Å². The fraction of sp³-hybridized carbons (Fsp3) is 0.111. The Morgan fingerprint density at radius 2 is 1.93 bits per heavy atom.